The number of amides is 1. The van der Waals surface area contributed by atoms with Gasteiger partial charge in [0.05, 0.1) is 30.9 Å². The number of nitrogens with one attached hydrogen (secondary N) is 1. The van der Waals surface area contributed by atoms with Crippen LogP contribution in [0.3, 0.4) is 0 Å². The van der Waals surface area contributed by atoms with Gasteiger partial charge in [-0.25, -0.2) is 4.79 Å². The lowest BCUT2D eigenvalue weighted by atomic mass is 9.83. The van der Waals surface area contributed by atoms with E-state index >= 15 is 0 Å². The van der Waals surface area contributed by atoms with Gasteiger partial charge < -0.3 is 35.6 Å². The number of fused-ring (bicyclic) bond motifs is 4. The molecule has 10 nitrogen and oxygen atoms in total. The number of ketones is 2. The Morgan fingerprint density at radius 2 is 1.85 bits per heavy atom. The summed E-state index contributed by atoms with van der Waals surface area (Å²) in [5, 5.41) is 20.7. The van der Waals surface area contributed by atoms with Gasteiger partial charge in [-0.15, -0.1) is 0 Å². The number of rotatable bonds is 10. The Kier molecular flexibility index (Phi) is 7.81. The molecule has 2 fully saturated rings. The van der Waals surface area contributed by atoms with Crippen LogP contribution in [0, 0.1) is 5.92 Å². The van der Waals surface area contributed by atoms with Crippen molar-refractivity contribution < 1.29 is 34.1 Å². The predicted octanol–water partition coefficient (Wildman–Crippen LogP) is 1.29. The molecule has 3 aliphatic heterocycles. The molecule has 0 aromatic heterocycles. The molecule has 184 valence electrons. The zero-order valence-electron chi connectivity index (χ0n) is 19.6. The molecule has 0 radical (unpaired) electrons. The van der Waals surface area contributed by atoms with Gasteiger partial charge >= 0.3 is 6.09 Å². The third-order valence-corrected chi connectivity index (χ3v) is 6.91. The molecule has 0 aromatic rings. The molecule has 4 aliphatic rings. The number of nitrogens with two attached hydrogens (primary N) is 1. The van der Waals surface area contributed by atoms with Crippen molar-refractivity contribution in [1.82, 2.24) is 10.2 Å². The maximum Gasteiger partial charge on any atom is 0.402 e. The highest BCUT2D eigenvalue weighted by molar-refractivity contribution is 6.25. The van der Waals surface area contributed by atoms with Gasteiger partial charge in [-0.2, -0.15) is 0 Å². The van der Waals surface area contributed by atoms with Crippen LogP contribution < -0.4 is 11.1 Å². The summed E-state index contributed by atoms with van der Waals surface area (Å²) >= 11 is 0. The van der Waals surface area contributed by atoms with Crippen LogP contribution in [-0.4, -0.2) is 77.4 Å². The van der Waals surface area contributed by atoms with Crippen molar-refractivity contribution in [3.63, 3.8) is 0 Å². The van der Waals surface area contributed by atoms with Crippen molar-refractivity contribution >= 4 is 17.7 Å². The molecule has 1 aliphatic carbocycles. The number of primary amides is 1. The van der Waals surface area contributed by atoms with Crippen LogP contribution in [0.4, 0.5) is 4.79 Å². The zero-order valence-corrected chi connectivity index (χ0v) is 19.6. The quantitative estimate of drug-likeness (QED) is 0.212. The predicted molar refractivity (Wildman–Crippen MR) is 119 cm³/mol. The Labute approximate surface area is 193 Å². The lowest BCUT2D eigenvalue weighted by molar-refractivity contribution is -0.137. The van der Waals surface area contributed by atoms with Gasteiger partial charge in [-0.3, -0.25) is 9.59 Å². The van der Waals surface area contributed by atoms with E-state index in [2.05, 4.69) is 18.0 Å². The van der Waals surface area contributed by atoms with Gasteiger partial charge in [0.2, 0.25) is 11.6 Å². The third-order valence-electron chi connectivity index (χ3n) is 6.91. The number of piperazine rings is 1. The second-order valence-corrected chi connectivity index (χ2v) is 8.88. The van der Waals surface area contributed by atoms with E-state index in [1.807, 2.05) is 4.90 Å². The molecule has 5 N–H and O–H groups in total. The van der Waals surface area contributed by atoms with E-state index in [4.69, 9.17) is 19.4 Å². The van der Waals surface area contributed by atoms with E-state index < -0.39 is 17.7 Å². The zero-order chi connectivity index (χ0) is 24.3. The maximum atomic E-state index is 13.3. The third kappa shape index (κ3) is 4.39. The van der Waals surface area contributed by atoms with E-state index in [-0.39, 0.29) is 36.0 Å². The number of Topliss-reactive ketones (excluding diaryl/α,β-unsaturated/α-hetero) is 2. The fourth-order valence-electron chi connectivity index (χ4n) is 5.35. The fourth-order valence-corrected chi connectivity index (χ4v) is 5.35. The summed E-state index contributed by atoms with van der Waals surface area (Å²) in [5.41, 5.74) is 4.27. The average Bonchev–Trinajstić information content (AvgIpc) is 3.38. The molecule has 0 spiro atoms. The normalized spacial score (nSPS) is 29.5. The lowest BCUT2D eigenvalue weighted by Gasteiger charge is -2.39. The van der Waals surface area contributed by atoms with Gasteiger partial charge in [-0.1, -0.05) is 39.0 Å². The van der Waals surface area contributed by atoms with E-state index in [1.165, 1.54) is 19.3 Å². The molecule has 10 heteroatoms. The molecule has 0 aromatic carbocycles. The summed E-state index contributed by atoms with van der Waals surface area (Å²) in [4.78, 5) is 37.2. The van der Waals surface area contributed by atoms with Crippen molar-refractivity contribution in [3.05, 3.63) is 22.6 Å². The lowest BCUT2D eigenvalue weighted by Crippen LogP contribution is -2.54. The Hall–Kier alpha value is -2.43. The summed E-state index contributed by atoms with van der Waals surface area (Å²) in [6.45, 7) is 4.63. The van der Waals surface area contributed by atoms with Crippen molar-refractivity contribution in [2.75, 3.05) is 26.9 Å². The van der Waals surface area contributed by atoms with Crippen LogP contribution in [0.15, 0.2) is 22.6 Å². The highest BCUT2D eigenvalue weighted by Crippen LogP contribution is 2.55. The highest BCUT2D eigenvalue weighted by atomic mass is 16.5. The first-order valence-corrected chi connectivity index (χ1v) is 11.6. The van der Waals surface area contributed by atoms with E-state index in [0.717, 1.165) is 19.3 Å². The van der Waals surface area contributed by atoms with Crippen molar-refractivity contribution in [1.29, 1.82) is 0 Å². The Morgan fingerprint density at radius 1 is 1.21 bits per heavy atom. The first-order valence-electron chi connectivity index (χ1n) is 11.6. The molecule has 4 unspecified atom stereocenters. The summed E-state index contributed by atoms with van der Waals surface area (Å²) in [7, 11) is 1.59. The molecule has 0 bridgehead atoms. The first-order chi connectivity index (χ1) is 15.8. The van der Waals surface area contributed by atoms with Crippen molar-refractivity contribution in [2.45, 2.75) is 70.2 Å². The second kappa shape index (κ2) is 10.2. The number of aliphatic hydroxyl groups excluding tert-OH is 1. The minimum atomic E-state index is -1.33. The fraction of sp³-hybridized carbons (Fsp3) is 0.696. The first kappa shape index (κ1) is 25.2. The number of hydrogen-bond acceptors (Lipinski definition) is 8. The van der Waals surface area contributed by atoms with Crippen LogP contribution >= 0.6 is 0 Å². The standard InChI is InChI=1S/C22H32N2O5.CH3NO2/c1-4-5-6-7-8-9-10-29-20-13(2)18(26)17-16(19(20)27)14(12-25)22(28-3)21-15(23-21)11-24(17)22;2-1(3)4/h14-15,21,23,25H,4-12H2,1-3H3;2H2,(H,3,4). The molecule has 2 saturated heterocycles. The number of hydrogen-bond donors (Lipinski definition) is 4. The summed E-state index contributed by atoms with van der Waals surface area (Å²) < 4.78 is 11.7. The van der Waals surface area contributed by atoms with Crippen LogP contribution in [0.5, 0.6) is 0 Å². The summed E-state index contributed by atoms with van der Waals surface area (Å²) in [5.74, 6) is -0.875. The van der Waals surface area contributed by atoms with Gasteiger partial charge in [-0.05, 0) is 13.3 Å². The average molecular weight is 466 g/mol. The summed E-state index contributed by atoms with van der Waals surface area (Å²) in [6.07, 6.45) is 5.40. The number of allylic oxidation sites excluding steroid dienone is 2. The SMILES string of the molecule is CCCCCCCCOC1=C(C)C(=O)C2=C(C1=O)C(CO)C1(OC)C3NC3CN21.NC(=O)O. The Bertz CT molecular complexity index is 864. The minimum absolute atomic E-state index is 0.0173. The minimum Gasteiger partial charge on any atom is -0.489 e. The van der Waals surface area contributed by atoms with E-state index in [0.29, 0.717) is 30.0 Å². The van der Waals surface area contributed by atoms with Crippen LogP contribution in [0.1, 0.15) is 52.4 Å². The van der Waals surface area contributed by atoms with Crippen LogP contribution in [-0.2, 0) is 19.1 Å². The van der Waals surface area contributed by atoms with Gasteiger partial charge in [0, 0.05) is 30.8 Å². The largest absolute Gasteiger partial charge is 0.489 e. The monoisotopic (exact) mass is 465 g/mol. The number of unbranched alkanes of at least 4 members (excludes halogenated alkanes) is 5. The molecule has 33 heavy (non-hydrogen) atoms. The topological polar surface area (TPSA) is 161 Å². The second-order valence-electron chi connectivity index (χ2n) is 8.88. The van der Waals surface area contributed by atoms with Crippen molar-refractivity contribution in [2.24, 2.45) is 11.7 Å². The van der Waals surface area contributed by atoms with Crippen LogP contribution in [0.2, 0.25) is 0 Å². The van der Waals surface area contributed by atoms with Gasteiger partial charge in [0.25, 0.3) is 0 Å². The molecular formula is C23H35N3O7. The highest BCUT2D eigenvalue weighted by Gasteiger charge is 2.72. The molecule has 1 amide bonds. The number of methoxy groups -OCH3 is 1. The number of ether oxygens (including phenoxy) is 2. The number of carbonyl (C=O) groups is 3. The Morgan fingerprint density at radius 3 is 2.45 bits per heavy atom. The maximum absolute atomic E-state index is 13.3. The molecule has 4 atom stereocenters. The number of carbonyl (C=O) groups excluding carboxylic acids is 2. The molecular weight excluding hydrogens is 430 g/mol. The van der Waals surface area contributed by atoms with Gasteiger partial charge in [0.1, 0.15) is 0 Å². The molecule has 3 heterocycles. The van der Waals surface area contributed by atoms with Crippen molar-refractivity contribution in [3.8, 4) is 0 Å². The Balaban J connectivity index is 0.000000709. The number of aliphatic hydroxyl groups is 1. The number of carboxylic acid groups (broad SMARTS) is 1. The summed E-state index contributed by atoms with van der Waals surface area (Å²) in [6, 6.07) is 0.249. The van der Waals surface area contributed by atoms with Crippen LogP contribution in [0.25, 0.3) is 0 Å². The smallest absolute Gasteiger partial charge is 0.402 e. The van der Waals surface area contributed by atoms with Gasteiger partial charge in [0.15, 0.2) is 11.5 Å². The van der Waals surface area contributed by atoms with E-state index in [9.17, 15) is 14.7 Å². The molecule has 4 rings (SSSR count). The molecule has 0 saturated carbocycles. The van der Waals surface area contributed by atoms with E-state index in [1.54, 1.807) is 14.0 Å². The number of nitrogens with zero attached hydrogens (tertiary/aromatic N) is 1.